The van der Waals surface area contributed by atoms with Crippen molar-refractivity contribution in [2.45, 2.75) is 18.4 Å². The third-order valence-electron chi connectivity index (χ3n) is 5.47. The topological polar surface area (TPSA) is 82.4 Å². The highest BCUT2D eigenvalue weighted by Gasteiger charge is 2.24. The van der Waals surface area contributed by atoms with Crippen LogP contribution in [-0.4, -0.2) is 37.6 Å². The van der Waals surface area contributed by atoms with Gasteiger partial charge in [-0.1, -0.05) is 48.5 Å². The van der Waals surface area contributed by atoms with Crippen LogP contribution in [0, 0.1) is 0 Å². The number of aryl methyl sites for hydroxylation is 1. The Morgan fingerprint density at radius 2 is 1.52 bits per heavy atom. The number of sulfone groups is 1. The summed E-state index contributed by atoms with van der Waals surface area (Å²) in [5.41, 5.74) is 3.32. The molecule has 0 fully saturated rings. The van der Waals surface area contributed by atoms with Crippen molar-refractivity contribution in [2.75, 3.05) is 12.9 Å². The largest absolute Gasteiger partial charge is 0.454 e. The monoisotopic (exact) mass is 461 g/mol. The lowest BCUT2D eigenvalue weighted by Crippen LogP contribution is -2.15. The van der Waals surface area contributed by atoms with Gasteiger partial charge >= 0.3 is 5.97 Å². The Labute approximate surface area is 192 Å². The molecule has 0 N–H and O–H groups in total. The van der Waals surface area contributed by atoms with Gasteiger partial charge in [0.2, 0.25) is 5.78 Å². The van der Waals surface area contributed by atoms with E-state index in [1.54, 1.807) is 0 Å². The van der Waals surface area contributed by atoms with E-state index in [2.05, 4.69) is 4.57 Å². The molecule has 0 aliphatic rings. The highest BCUT2D eigenvalue weighted by atomic mass is 32.2. The van der Waals surface area contributed by atoms with Gasteiger partial charge in [0, 0.05) is 23.7 Å². The van der Waals surface area contributed by atoms with Crippen LogP contribution in [0.4, 0.5) is 0 Å². The number of rotatable bonds is 7. The molecular weight excluding hydrogens is 438 g/mol. The second-order valence-corrected chi connectivity index (χ2v) is 9.66. The number of fused-ring (bicyclic) bond motifs is 1. The zero-order chi connectivity index (χ0) is 23.6. The van der Waals surface area contributed by atoms with Crippen molar-refractivity contribution in [1.82, 2.24) is 4.57 Å². The number of hydrogen-bond acceptors (Lipinski definition) is 5. The van der Waals surface area contributed by atoms with Gasteiger partial charge in [-0.3, -0.25) is 4.79 Å². The molecule has 0 amide bonds. The van der Waals surface area contributed by atoms with Crippen molar-refractivity contribution in [3.63, 3.8) is 0 Å². The molecule has 0 aliphatic heterocycles. The Hall–Kier alpha value is -3.71. The van der Waals surface area contributed by atoms with Crippen LogP contribution in [0.2, 0.25) is 0 Å². The van der Waals surface area contributed by atoms with E-state index in [1.165, 1.54) is 24.3 Å². The summed E-state index contributed by atoms with van der Waals surface area (Å²) in [5.74, 6) is -0.998. The van der Waals surface area contributed by atoms with Crippen molar-refractivity contribution in [3.8, 4) is 11.3 Å². The number of ketones is 1. The normalized spacial score (nSPS) is 11.5. The molecule has 0 aliphatic carbocycles. The van der Waals surface area contributed by atoms with Crippen LogP contribution in [0.1, 0.15) is 27.6 Å². The molecule has 33 heavy (non-hydrogen) atoms. The van der Waals surface area contributed by atoms with Crippen molar-refractivity contribution in [3.05, 3.63) is 90.0 Å². The van der Waals surface area contributed by atoms with Crippen LogP contribution in [0.25, 0.3) is 22.2 Å². The molecule has 4 aromatic rings. The quantitative estimate of drug-likeness (QED) is 0.292. The minimum atomic E-state index is -3.37. The fourth-order valence-electron chi connectivity index (χ4n) is 3.94. The average molecular weight is 462 g/mol. The first-order valence-electron chi connectivity index (χ1n) is 10.5. The molecular formula is C26H23NO5S. The van der Waals surface area contributed by atoms with Gasteiger partial charge in [-0.25, -0.2) is 13.2 Å². The molecule has 168 valence electrons. The second kappa shape index (κ2) is 9.03. The smallest absolute Gasteiger partial charge is 0.338 e. The summed E-state index contributed by atoms with van der Waals surface area (Å²) in [6, 6.07) is 22.8. The number of nitrogens with zero attached hydrogens (tertiary/aromatic N) is 1. The zero-order valence-corrected chi connectivity index (χ0v) is 19.1. The summed E-state index contributed by atoms with van der Waals surface area (Å²) in [5, 5.41) is 0.803. The number of ether oxygens (including phenoxy) is 1. The van der Waals surface area contributed by atoms with Crippen molar-refractivity contribution < 1.29 is 22.7 Å². The first-order chi connectivity index (χ1) is 15.8. The number of carbonyl (C=O) groups is 2. The molecule has 4 rings (SSSR count). The van der Waals surface area contributed by atoms with Gasteiger partial charge in [0.05, 0.1) is 21.7 Å². The third kappa shape index (κ3) is 4.45. The van der Waals surface area contributed by atoms with Gasteiger partial charge in [0.1, 0.15) is 0 Å². The average Bonchev–Trinajstić information content (AvgIpc) is 3.17. The molecule has 0 atom stereocenters. The minimum Gasteiger partial charge on any atom is -0.454 e. The van der Waals surface area contributed by atoms with E-state index < -0.39 is 22.4 Å². The number of benzene rings is 3. The van der Waals surface area contributed by atoms with Crippen LogP contribution in [0.15, 0.2) is 83.8 Å². The Morgan fingerprint density at radius 1 is 0.879 bits per heavy atom. The summed E-state index contributed by atoms with van der Waals surface area (Å²) >= 11 is 0. The number of hydrogen-bond donors (Lipinski definition) is 0. The van der Waals surface area contributed by atoms with E-state index in [1.807, 2.05) is 61.5 Å². The van der Waals surface area contributed by atoms with Gasteiger partial charge in [0.25, 0.3) is 0 Å². The van der Waals surface area contributed by atoms with Gasteiger partial charge in [0.15, 0.2) is 16.4 Å². The molecule has 0 bridgehead atoms. The summed E-state index contributed by atoms with van der Waals surface area (Å²) in [6.07, 6.45) is 1.09. The van der Waals surface area contributed by atoms with Crippen LogP contribution in [0.5, 0.6) is 0 Å². The molecule has 6 nitrogen and oxygen atoms in total. The third-order valence-corrected chi connectivity index (χ3v) is 6.59. The number of Topliss-reactive ketones (excluding diaryl/α,β-unsaturated/α-hetero) is 1. The lowest BCUT2D eigenvalue weighted by Gasteiger charge is -2.11. The van der Waals surface area contributed by atoms with E-state index in [9.17, 15) is 18.0 Å². The maximum absolute atomic E-state index is 13.3. The standard InChI is InChI=1S/C26H23NO5S/c1-3-27-22-12-8-7-11-21(22)24(25(27)18-9-5-4-6-10-18)23(28)17-32-26(29)19-13-15-20(16-14-19)33(2,30)31/h4-16H,3,17H2,1-2H3. The van der Waals surface area contributed by atoms with Gasteiger partial charge < -0.3 is 9.30 Å². The summed E-state index contributed by atoms with van der Waals surface area (Å²) in [6.45, 7) is 2.27. The second-order valence-electron chi connectivity index (χ2n) is 7.65. The van der Waals surface area contributed by atoms with Gasteiger partial charge in [-0.2, -0.15) is 0 Å². The lowest BCUT2D eigenvalue weighted by molar-refractivity contribution is 0.0475. The summed E-state index contributed by atoms with van der Waals surface area (Å²) < 4.78 is 30.6. The van der Waals surface area contributed by atoms with E-state index in [0.29, 0.717) is 12.1 Å². The highest BCUT2D eigenvalue weighted by Crippen LogP contribution is 2.34. The Kier molecular flexibility index (Phi) is 6.16. The molecule has 7 heteroatoms. The molecule has 1 heterocycles. The molecule has 0 spiro atoms. The predicted molar refractivity (Wildman–Crippen MR) is 127 cm³/mol. The van der Waals surface area contributed by atoms with Gasteiger partial charge in [-0.15, -0.1) is 0 Å². The fourth-order valence-corrected chi connectivity index (χ4v) is 4.57. The SMILES string of the molecule is CCn1c(-c2ccccc2)c(C(=O)COC(=O)c2ccc(S(C)(=O)=O)cc2)c2ccccc21. The van der Waals surface area contributed by atoms with E-state index in [-0.39, 0.29) is 16.2 Å². The number of carbonyl (C=O) groups excluding carboxylic acids is 2. The first-order valence-corrected chi connectivity index (χ1v) is 12.4. The molecule has 0 saturated heterocycles. The lowest BCUT2D eigenvalue weighted by atomic mass is 10.0. The first kappa shape index (κ1) is 22.5. The maximum Gasteiger partial charge on any atom is 0.338 e. The Bertz CT molecular complexity index is 1440. The molecule has 0 unspecified atom stereocenters. The predicted octanol–water partition coefficient (Wildman–Crippen LogP) is 4.77. The van der Waals surface area contributed by atoms with E-state index >= 15 is 0 Å². The highest BCUT2D eigenvalue weighted by molar-refractivity contribution is 7.90. The number of esters is 1. The van der Waals surface area contributed by atoms with Crippen molar-refractivity contribution >= 4 is 32.5 Å². The summed E-state index contributed by atoms with van der Waals surface area (Å²) in [7, 11) is -3.37. The Balaban J connectivity index is 1.65. The molecule has 1 aromatic heterocycles. The van der Waals surface area contributed by atoms with Crippen molar-refractivity contribution in [1.29, 1.82) is 0 Å². The van der Waals surface area contributed by atoms with Crippen molar-refractivity contribution in [2.24, 2.45) is 0 Å². The summed E-state index contributed by atoms with van der Waals surface area (Å²) in [4.78, 5) is 25.9. The minimum absolute atomic E-state index is 0.106. The molecule has 0 saturated carbocycles. The maximum atomic E-state index is 13.3. The van der Waals surface area contributed by atoms with E-state index in [0.717, 1.165) is 28.4 Å². The molecule has 3 aromatic carbocycles. The van der Waals surface area contributed by atoms with E-state index in [4.69, 9.17) is 4.74 Å². The number of aromatic nitrogens is 1. The zero-order valence-electron chi connectivity index (χ0n) is 18.3. The van der Waals surface area contributed by atoms with Crippen LogP contribution in [0.3, 0.4) is 0 Å². The fraction of sp³-hybridized carbons (Fsp3) is 0.154. The van der Waals surface area contributed by atoms with Gasteiger partial charge in [-0.05, 0) is 42.8 Å². The Morgan fingerprint density at radius 3 is 2.15 bits per heavy atom. The van der Waals surface area contributed by atoms with Crippen LogP contribution in [-0.2, 0) is 21.1 Å². The molecule has 0 radical (unpaired) electrons. The van der Waals surface area contributed by atoms with Crippen LogP contribution < -0.4 is 0 Å². The van der Waals surface area contributed by atoms with Crippen LogP contribution >= 0.6 is 0 Å². The number of para-hydroxylation sites is 1.